The lowest BCUT2D eigenvalue weighted by Crippen LogP contribution is -2.30. The second-order valence-corrected chi connectivity index (χ2v) is 12.8. The minimum atomic E-state index is -5.72. The average Bonchev–Trinajstić information content (AvgIpc) is 2.95. The summed E-state index contributed by atoms with van der Waals surface area (Å²) in [7, 11) is -5.72. The number of aromatic nitrogens is 3. The summed E-state index contributed by atoms with van der Waals surface area (Å²) in [6.07, 6.45) is 0. The van der Waals surface area contributed by atoms with E-state index in [1.54, 1.807) is 10.8 Å². The van der Waals surface area contributed by atoms with Crippen LogP contribution in [0.1, 0.15) is 25.0 Å². The smallest absolute Gasteiger partial charge is 0.372 e. The molecular weight excluding hydrogens is 620 g/mol. The molecule has 0 amide bonds. The van der Waals surface area contributed by atoms with Gasteiger partial charge in [0.15, 0.2) is 10.3 Å². The van der Waals surface area contributed by atoms with Crippen molar-refractivity contribution in [3.05, 3.63) is 77.9 Å². The van der Waals surface area contributed by atoms with Crippen molar-refractivity contribution in [2.45, 2.75) is 53.3 Å². The van der Waals surface area contributed by atoms with Crippen molar-refractivity contribution in [1.29, 1.82) is 0 Å². The first kappa shape index (κ1) is 32.2. The third-order valence-corrected chi connectivity index (χ3v) is 9.26. The number of nitrogens with zero attached hydrogens (tertiary/aromatic N) is 6. The van der Waals surface area contributed by atoms with Crippen molar-refractivity contribution in [1.82, 2.24) is 15.0 Å². The number of azo groups is 1. The Labute approximate surface area is 256 Å². The SMILES string of the molecule is CCN(CC)c1ccc(N=Nc2nc(Sc3ccccc3C)nc(Sc3ccccc3C)n2)c(NS(=O)(=O)C(F)(F)F)c1. The Morgan fingerprint density at radius 1 is 0.814 bits per heavy atom. The summed E-state index contributed by atoms with van der Waals surface area (Å²) in [5.74, 6) is -0.0976. The van der Waals surface area contributed by atoms with E-state index in [0.29, 0.717) is 29.1 Å². The summed E-state index contributed by atoms with van der Waals surface area (Å²) in [6.45, 7) is 8.76. The number of alkyl halides is 3. The van der Waals surface area contributed by atoms with Crippen molar-refractivity contribution in [2.75, 3.05) is 22.7 Å². The Kier molecular flexibility index (Phi) is 10.3. The molecule has 0 aliphatic heterocycles. The standard InChI is InChI=1S/C28H28F3N7O2S3/c1-5-38(6-2)20-15-16-21(22(17-20)37-43(39,40)28(29,30)31)35-36-25-32-26(41-23-13-9-7-11-18(23)3)34-27(33-25)42-24-14-10-8-12-19(24)4/h7-17,37H,5-6H2,1-4H3. The molecule has 4 rings (SSSR count). The Morgan fingerprint density at radius 3 is 1.84 bits per heavy atom. The van der Waals surface area contributed by atoms with E-state index < -0.39 is 15.5 Å². The van der Waals surface area contributed by atoms with Crippen LogP contribution in [0.15, 0.2) is 97.1 Å². The predicted molar refractivity (Wildman–Crippen MR) is 163 cm³/mol. The van der Waals surface area contributed by atoms with Crippen molar-refractivity contribution in [3.8, 4) is 0 Å². The van der Waals surface area contributed by atoms with Gasteiger partial charge >= 0.3 is 15.5 Å². The number of anilines is 2. The van der Waals surface area contributed by atoms with Crippen LogP contribution in [-0.4, -0.2) is 42.0 Å². The topological polar surface area (TPSA) is 113 Å². The zero-order valence-corrected chi connectivity index (χ0v) is 26.1. The highest BCUT2D eigenvalue weighted by Crippen LogP contribution is 2.36. The largest absolute Gasteiger partial charge is 0.516 e. The van der Waals surface area contributed by atoms with Crippen molar-refractivity contribution in [2.24, 2.45) is 10.2 Å². The van der Waals surface area contributed by atoms with E-state index in [0.717, 1.165) is 20.9 Å². The molecule has 43 heavy (non-hydrogen) atoms. The van der Waals surface area contributed by atoms with Crippen LogP contribution in [0.3, 0.4) is 0 Å². The third kappa shape index (κ3) is 8.24. The van der Waals surface area contributed by atoms with Gasteiger partial charge in [-0.3, -0.25) is 4.72 Å². The molecule has 0 spiro atoms. The molecule has 0 saturated heterocycles. The average molecular weight is 648 g/mol. The first-order valence-corrected chi connectivity index (χ1v) is 16.1. The van der Waals surface area contributed by atoms with Gasteiger partial charge in [-0.15, -0.1) is 10.2 Å². The van der Waals surface area contributed by atoms with Gasteiger partial charge in [-0.1, -0.05) is 36.4 Å². The van der Waals surface area contributed by atoms with Crippen LogP contribution < -0.4 is 9.62 Å². The van der Waals surface area contributed by atoms with E-state index in [1.165, 1.54) is 35.7 Å². The van der Waals surface area contributed by atoms with E-state index >= 15 is 0 Å². The second kappa shape index (κ2) is 13.7. The molecule has 226 valence electrons. The summed E-state index contributed by atoms with van der Waals surface area (Å²) in [4.78, 5) is 17.1. The summed E-state index contributed by atoms with van der Waals surface area (Å²) in [5.41, 5.74) is -3.52. The molecule has 0 fully saturated rings. The predicted octanol–water partition coefficient (Wildman–Crippen LogP) is 8.31. The molecule has 0 saturated carbocycles. The van der Waals surface area contributed by atoms with Gasteiger partial charge in [-0.25, -0.2) is 0 Å². The summed E-state index contributed by atoms with van der Waals surface area (Å²) in [6, 6.07) is 19.7. The van der Waals surface area contributed by atoms with E-state index in [2.05, 4.69) is 25.2 Å². The molecule has 0 radical (unpaired) electrons. The van der Waals surface area contributed by atoms with E-state index in [9.17, 15) is 21.6 Å². The van der Waals surface area contributed by atoms with Crippen LogP contribution in [-0.2, 0) is 10.0 Å². The number of hydrogen-bond acceptors (Lipinski definition) is 10. The quantitative estimate of drug-likeness (QED) is 0.162. The van der Waals surface area contributed by atoms with Gasteiger partial charge in [-0.05, 0) is 92.7 Å². The minimum Gasteiger partial charge on any atom is -0.372 e. The number of hydrogen-bond donors (Lipinski definition) is 1. The number of nitrogens with one attached hydrogen (secondary N) is 1. The molecule has 1 heterocycles. The van der Waals surface area contributed by atoms with Crippen LogP contribution in [0, 0.1) is 13.8 Å². The number of sulfonamides is 1. The molecule has 0 aliphatic rings. The zero-order valence-electron chi connectivity index (χ0n) is 23.6. The molecule has 0 unspecified atom stereocenters. The number of benzene rings is 3. The van der Waals surface area contributed by atoms with E-state index in [1.807, 2.05) is 81.1 Å². The molecule has 1 aromatic heterocycles. The van der Waals surface area contributed by atoms with Crippen LogP contribution in [0.2, 0.25) is 0 Å². The number of rotatable bonds is 11. The third-order valence-electron chi connectivity index (χ3n) is 6.08. The van der Waals surface area contributed by atoms with Gasteiger partial charge < -0.3 is 4.90 Å². The van der Waals surface area contributed by atoms with Gasteiger partial charge in [0.25, 0.3) is 5.95 Å². The minimum absolute atomic E-state index is 0.0976. The van der Waals surface area contributed by atoms with E-state index in [-0.39, 0.29) is 17.3 Å². The fraction of sp³-hybridized carbons (Fsp3) is 0.250. The van der Waals surface area contributed by atoms with Gasteiger partial charge in [0.1, 0.15) is 5.69 Å². The Hall–Kier alpha value is -3.69. The lowest BCUT2D eigenvalue weighted by Gasteiger charge is -2.22. The normalized spacial score (nSPS) is 12.1. The Morgan fingerprint density at radius 2 is 1.35 bits per heavy atom. The maximum atomic E-state index is 13.2. The van der Waals surface area contributed by atoms with Crippen molar-refractivity contribution >= 4 is 56.6 Å². The number of halogens is 3. The van der Waals surface area contributed by atoms with Crippen LogP contribution >= 0.6 is 23.5 Å². The monoisotopic (exact) mass is 647 g/mol. The molecular formula is C28H28F3N7O2S3. The number of aryl methyl sites for hydroxylation is 2. The highest BCUT2D eigenvalue weighted by Gasteiger charge is 2.46. The highest BCUT2D eigenvalue weighted by atomic mass is 32.2. The van der Waals surface area contributed by atoms with Crippen LogP contribution in [0.5, 0.6) is 0 Å². The van der Waals surface area contributed by atoms with Crippen molar-refractivity contribution < 1.29 is 21.6 Å². The lowest BCUT2D eigenvalue weighted by atomic mass is 10.2. The fourth-order valence-corrected chi connectivity index (χ4v) is 6.07. The Bertz CT molecular complexity index is 1670. The van der Waals surface area contributed by atoms with Gasteiger partial charge in [-0.2, -0.15) is 36.5 Å². The molecule has 4 aromatic rings. The first-order valence-electron chi connectivity index (χ1n) is 13.0. The highest BCUT2D eigenvalue weighted by molar-refractivity contribution is 7.99. The van der Waals surface area contributed by atoms with Gasteiger partial charge in [0, 0.05) is 28.6 Å². The van der Waals surface area contributed by atoms with Crippen LogP contribution in [0.25, 0.3) is 0 Å². The molecule has 0 aliphatic carbocycles. The van der Waals surface area contributed by atoms with E-state index in [4.69, 9.17) is 0 Å². The van der Waals surface area contributed by atoms with Crippen LogP contribution in [0.4, 0.5) is 36.2 Å². The summed E-state index contributed by atoms with van der Waals surface area (Å²) < 4.78 is 65.4. The maximum Gasteiger partial charge on any atom is 0.516 e. The summed E-state index contributed by atoms with van der Waals surface area (Å²) in [5, 5.41) is 8.84. The van der Waals surface area contributed by atoms with Gasteiger partial charge in [0.2, 0.25) is 0 Å². The second-order valence-electron chi connectivity index (χ2n) is 9.06. The molecule has 3 aromatic carbocycles. The maximum absolute atomic E-state index is 13.2. The molecule has 1 N–H and O–H groups in total. The lowest BCUT2D eigenvalue weighted by molar-refractivity contribution is -0.0429. The zero-order chi connectivity index (χ0) is 31.2. The Balaban J connectivity index is 1.76. The molecule has 0 atom stereocenters. The fourth-order valence-electron chi connectivity index (χ4n) is 3.78. The van der Waals surface area contributed by atoms with Gasteiger partial charge in [0.05, 0.1) is 5.69 Å². The molecule has 9 nitrogen and oxygen atoms in total. The first-order chi connectivity index (χ1) is 20.4. The molecule has 0 bridgehead atoms. The molecule has 15 heteroatoms. The van der Waals surface area contributed by atoms with Crippen molar-refractivity contribution in [3.63, 3.8) is 0 Å². The summed E-state index contributed by atoms with van der Waals surface area (Å²) >= 11 is 2.61.